The average Bonchev–Trinajstić information content (AvgIpc) is 3.22. The van der Waals surface area contributed by atoms with Crippen LogP contribution in [0.15, 0.2) is 36.0 Å². The largest absolute Gasteiger partial charge is 0.387 e. The summed E-state index contributed by atoms with van der Waals surface area (Å²) in [4.78, 5) is 11.8. The molecule has 0 saturated heterocycles. The van der Waals surface area contributed by atoms with Crippen LogP contribution in [0.5, 0.6) is 0 Å². The molecule has 5 heteroatoms. The van der Waals surface area contributed by atoms with Gasteiger partial charge in [0.2, 0.25) is 0 Å². The van der Waals surface area contributed by atoms with Gasteiger partial charge < -0.3 is 10.6 Å². The van der Waals surface area contributed by atoms with Crippen molar-refractivity contribution in [1.82, 2.24) is 10.6 Å². The number of carbonyl (C=O) groups excluding carboxylic acids is 1. The van der Waals surface area contributed by atoms with Crippen molar-refractivity contribution in [3.8, 4) is 6.07 Å². The molecule has 0 heterocycles. The van der Waals surface area contributed by atoms with Crippen LogP contribution in [-0.4, -0.2) is 11.9 Å². The number of halogens is 1. The van der Waals surface area contributed by atoms with E-state index < -0.39 is 5.91 Å². The molecule has 0 spiro atoms. The van der Waals surface area contributed by atoms with Crippen LogP contribution in [0.1, 0.15) is 18.4 Å². The fourth-order valence-corrected chi connectivity index (χ4v) is 1.71. The Morgan fingerprint density at radius 1 is 1.47 bits per heavy atom. The molecule has 19 heavy (non-hydrogen) atoms. The number of amides is 1. The Hall–Kier alpha value is -1.99. The van der Waals surface area contributed by atoms with Crippen LogP contribution < -0.4 is 10.6 Å². The Balaban J connectivity index is 1.91. The number of nitriles is 1. The lowest BCUT2D eigenvalue weighted by molar-refractivity contribution is -0.117. The standard InChI is InChI=1S/C14H14ClN3O/c15-13-4-2-1-3-10(13)8-18-14(19)11(7-16)9-17-12-5-6-12/h1-4,9,12,17H,5-6,8H2,(H,18,19)/b11-9-. The lowest BCUT2D eigenvalue weighted by atomic mass is 10.2. The molecular formula is C14H14ClN3O. The summed E-state index contributed by atoms with van der Waals surface area (Å²) in [6.07, 6.45) is 3.67. The number of benzene rings is 1. The summed E-state index contributed by atoms with van der Waals surface area (Å²) in [7, 11) is 0. The number of nitrogens with one attached hydrogen (secondary N) is 2. The van der Waals surface area contributed by atoms with Gasteiger partial charge in [0.25, 0.3) is 5.91 Å². The van der Waals surface area contributed by atoms with Gasteiger partial charge in [-0.25, -0.2) is 0 Å². The first-order chi connectivity index (χ1) is 9.20. The molecule has 1 amide bonds. The molecule has 1 aliphatic rings. The van der Waals surface area contributed by atoms with Crippen molar-refractivity contribution >= 4 is 17.5 Å². The van der Waals surface area contributed by atoms with Crippen molar-refractivity contribution in [2.75, 3.05) is 0 Å². The van der Waals surface area contributed by atoms with Crippen molar-refractivity contribution in [3.05, 3.63) is 46.6 Å². The van der Waals surface area contributed by atoms with Crippen molar-refractivity contribution in [2.24, 2.45) is 0 Å². The molecule has 1 aromatic carbocycles. The van der Waals surface area contributed by atoms with E-state index in [1.807, 2.05) is 24.3 Å². The van der Waals surface area contributed by atoms with E-state index in [0.29, 0.717) is 17.6 Å². The minimum atomic E-state index is -0.393. The molecule has 1 aliphatic carbocycles. The van der Waals surface area contributed by atoms with Gasteiger partial charge >= 0.3 is 0 Å². The molecule has 0 aliphatic heterocycles. The van der Waals surface area contributed by atoms with Crippen LogP contribution in [0.2, 0.25) is 5.02 Å². The summed E-state index contributed by atoms with van der Waals surface area (Å²) in [5.74, 6) is -0.393. The van der Waals surface area contributed by atoms with E-state index in [1.54, 1.807) is 6.07 Å². The van der Waals surface area contributed by atoms with Gasteiger partial charge in [-0.15, -0.1) is 0 Å². The average molecular weight is 276 g/mol. The number of hydrogen-bond donors (Lipinski definition) is 2. The fraction of sp³-hybridized carbons (Fsp3) is 0.286. The molecule has 1 fully saturated rings. The van der Waals surface area contributed by atoms with Gasteiger partial charge in [-0.3, -0.25) is 4.79 Å². The third kappa shape index (κ3) is 4.01. The van der Waals surface area contributed by atoms with E-state index in [4.69, 9.17) is 16.9 Å². The topological polar surface area (TPSA) is 64.9 Å². The molecule has 1 saturated carbocycles. The molecule has 0 aromatic heterocycles. The Kier molecular flexibility index (Phi) is 4.43. The molecule has 2 N–H and O–H groups in total. The lowest BCUT2D eigenvalue weighted by Crippen LogP contribution is -2.25. The zero-order valence-electron chi connectivity index (χ0n) is 10.3. The molecule has 0 atom stereocenters. The summed E-state index contributed by atoms with van der Waals surface area (Å²) < 4.78 is 0. The van der Waals surface area contributed by atoms with E-state index in [9.17, 15) is 4.79 Å². The second-order valence-electron chi connectivity index (χ2n) is 4.38. The van der Waals surface area contributed by atoms with Crippen LogP contribution >= 0.6 is 11.6 Å². The van der Waals surface area contributed by atoms with Crippen LogP contribution in [-0.2, 0) is 11.3 Å². The highest BCUT2D eigenvalue weighted by Gasteiger charge is 2.20. The number of carbonyl (C=O) groups is 1. The van der Waals surface area contributed by atoms with Gasteiger partial charge in [0.1, 0.15) is 11.6 Å². The number of hydrogen-bond acceptors (Lipinski definition) is 3. The monoisotopic (exact) mass is 275 g/mol. The second-order valence-corrected chi connectivity index (χ2v) is 4.79. The maximum Gasteiger partial charge on any atom is 0.263 e. The van der Waals surface area contributed by atoms with Gasteiger partial charge in [-0.1, -0.05) is 29.8 Å². The second kappa shape index (κ2) is 6.26. The smallest absolute Gasteiger partial charge is 0.263 e. The minimum absolute atomic E-state index is 0.0824. The molecule has 98 valence electrons. The predicted octanol–water partition coefficient (Wildman–Crippen LogP) is 2.12. The van der Waals surface area contributed by atoms with Crippen LogP contribution in [0.3, 0.4) is 0 Å². The normalized spacial score (nSPS) is 14.6. The van der Waals surface area contributed by atoms with Gasteiger partial charge in [0.05, 0.1) is 0 Å². The third-order valence-corrected chi connectivity index (χ3v) is 3.17. The lowest BCUT2D eigenvalue weighted by Gasteiger charge is -2.06. The fourth-order valence-electron chi connectivity index (χ4n) is 1.51. The van der Waals surface area contributed by atoms with Gasteiger partial charge in [-0.2, -0.15) is 5.26 Å². The Bertz CT molecular complexity index is 544. The maximum atomic E-state index is 11.8. The van der Waals surface area contributed by atoms with Crippen molar-refractivity contribution < 1.29 is 4.79 Å². The molecule has 1 aromatic rings. The molecule has 0 radical (unpaired) electrons. The molecular weight excluding hydrogens is 262 g/mol. The molecule has 4 nitrogen and oxygen atoms in total. The van der Waals surface area contributed by atoms with Crippen molar-refractivity contribution in [2.45, 2.75) is 25.4 Å². The third-order valence-electron chi connectivity index (χ3n) is 2.80. The van der Waals surface area contributed by atoms with E-state index in [-0.39, 0.29) is 5.57 Å². The first-order valence-corrected chi connectivity index (χ1v) is 6.46. The van der Waals surface area contributed by atoms with E-state index >= 15 is 0 Å². The summed E-state index contributed by atoms with van der Waals surface area (Å²) in [6.45, 7) is 0.307. The summed E-state index contributed by atoms with van der Waals surface area (Å²) in [5, 5.41) is 15.2. The van der Waals surface area contributed by atoms with E-state index in [1.165, 1.54) is 6.20 Å². The van der Waals surface area contributed by atoms with Crippen LogP contribution in [0, 0.1) is 11.3 Å². The van der Waals surface area contributed by atoms with Gasteiger partial charge in [0.15, 0.2) is 0 Å². The molecule has 2 rings (SSSR count). The zero-order chi connectivity index (χ0) is 13.7. The first kappa shape index (κ1) is 13.4. The molecule has 0 unspecified atom stereocenters. The van der Waals surface area contributed by atoms with Crippen LogP contribution in [0.25, 0.3) is 0 Å². The van der Waals surface area contributed by atoms with Crippen LogP contribution in [0.4, 0.5) is 0 Å². The zero-order valence-corrected chi connectivity index (χ0v) is 11.1. The summed E-state index contributed by atoms with van der Waals surface area (Å²) >= 11 is 5.99. The maximum absolute atomic E-state index is 11.8. The highest BCUT2D eigenvalue weighted by Crippen LogP contribution is 2.18. The van der Waals surface area contributed by atoms with Crippen molar-refractivity contribution in [3.63, 3.8) is 0 Å². The predicted molar refractivity (Wildman–Crippen MR) is 73.2 cm³/mol. The Morgan fingerprint density at radius 2 is 2.21 bits per heavy atom. The summed E-state index contributed by atoms with van der Waals surface area (Å²) in [5.41, 5.74) is 0.906. The van der Waals surface area contributed by atoms with Crippen molar-refractivity contribution in [1.29, 1.82) is 5.26 Å². The quantitative estimate of drug-likeness (QED) is 0.639. The number of rotatable bonds is 5. The Labute approximate surface area is 117 Å². The van der Waals surface area contributed by atoms with E-state index in [2.05, 4.69) is 10.6 Å². The van der Waals surface area contributed by atoms with Gasteiger partial charge in [-0.05, 0) is 24.5 Å². The highest BCUT2D eigenvalue weighted by atomic mass is 35.5. The Morgan fingerprint density at radius 3 is 2.84 bits per heavy atom. The number of nitrogens with zero attached hydrogens (tertiary/aromatic N) is 1. The minimum Gasteiger partial charge on any atom is -0.387 e. The SMILES string of the molecule is N#C/C(=C/NC1CC1)C(=O)NCc1ccccc1Cl. The molecule has 0 bridgehead atoms. The summed E-state index contributed by atoms with van der Waals surface area (Å²) in [6, 6.07) is 9.58. The van der Waals surface area contributed by atoms with Gasteiger partial charge in [0, 0.05) is 23.8 Å². The first-order valence-electron chi connectivity index (χ1n) is 6.08. The highest BCUT2D eigenvalue weighted by molar-refractivity contribution is 6.31. The van der Waals surface area contributed by atoms with E-state index in [0.717, 1.165) is 18.4 Å².